The number of hydrogen-bond donors (Lipinski definition) is 2. The van der Waals surface area contributed by atoms with Gasteiger partial charge in [-0.15, -0.1) is 0 Å². The number of nitro benzene ring substituents is 1. The van der Waals surface area contributed by atoms with Gasteiger partial charge < -0.3 is 10.4 Å². The van der Waals surface area contributed by atoms with Gasteiger partial charge in [0.25, 0.3) is 5.69 Å². The van der Waals surface area contributed by atoms with Crippen LogP contribution in [0.4, 0.5) is 11.4 Å². The van der Waals surface area contributed by atoms with E-state index >= 15 is 0 Å². The smallest absolute Gasteiger partial charge is 0.295 e. The van der Waals surface area contributed by atoms with E-state index < -0.39 is 4.92 Å². The summed E-state index contributed by atoms with van der Waals surface area (Å²) in [7, 11) is 0. The summed E-state index contributed by atoms with van der Waals surface area (Å²) < 4.78 is 0. The molecule has 116 valence electrons. The molecule has 3 rings (SSSR count). The summed E-state index contributed by atoms with van der Waals surface area (Å²) in [6, 6.07) is 6.83. The second kappa shape index (κ2) is 5.88. The average Bonchev–Trinajstić information content (AvgIpc) is 2.48. The minimum atomic E-state index is -0.409. The zero-order chi connectivity index (χ0) is 15.7. The van der Waals surface area contributed by atoms with Crippen LogP contribution in [-0.4, -0.2) is 27.2 Å². The van der Waals surface area contributed by atoms with E-state index in [0.29, 0.717) is 5.52 Å². The molecule has 1 fully saturated rings. The van der Waals surface area contributed by atoms with Gasteiger partial charge >= 0.3 is 0 Å². The molecule has 22 heavy (non-hydrogen) atoms. The minimum absolute atomic E-state index is 0.00782. The molecule has 2 aromatic rings. The molecular weight excluding hydrogens is 282 g/mol. The predicted molar refractivity (Wildman–Crippen MR) is 85.0 cm³/mol. The van der Waals surface area contributed by atoms with Crippen LogP contribution in [-0.2, 0) is 0 Å². The second-order valence-corrected chi connectivity index (χ2v) is 5.84. The number of benzene rings is 1. The molecule has 2 atom stereocenters. The highest BCUT2D eigenvalue weighted by Crippen LogP contribution is 2.31. The largest absolute Gasteiger partial charge is 0.391 e. The van der Waals surface area contributed by atoms with Crippen molar-refractivity contribution in [3.8, 4) is 0 Å². The first kappa shape index (κ1) is 14.7. The third-order valence-electron chi connectivity index (χ3n) is 4.21. The van der Waals surface area contributed by atoms with Crippen molar-refractivity contribution in [2.75, 3.05) is 5.32 Å². The molecule has 0 aliphatic heterocycles. The zero-order valence-electron chi connectivity index (χ0n) is 12.5. The van der Waals surface area contributed by atoms with Gasteiger partial charge in [0.15, 0.2) is 5.52 Å². The number of non-ortho nitro benzene ring substituents is 1. The number of aliphatic hydroxyl groups is 1. The quantitative estimate of drug-likeness (QED) is 0.671. The number of rotatable bonds is 3. The van der Waals surface area contributed by atoms with Crippen molar-refractivity contribution >= 4 is 22.3 Å². The van der Waals surface area contributed by atoms with E-state index in [1.165, 1.54) is 6.07 Å². The molecule has 0 amide bonds. The predicted octanol–water partition coefficient (Wildman–Crippen LogP) is 3.17. The van der Waals surface area contributed by atoms with Crippen LogP contribution in [0.25, 0.3) is 10.9 Å². The normalized spacial score (nSPS) is 21.7. The summed E-state index contributed by atoms with van der Waals surface area (Å²) >= 11 is 0. The van der Waals surface area contributed by atoms with E-state index in [4.69, 9.17) is 0 Å². The Kier molecular flexibility index (Phi) is 3.94. The Morgan fingerprint density at radius 1 is 1.36 bits per heavy atom. The van der Waals surface area contributed by atoms with Gasteiger partial charge in [-0.3, -0.25) is 10.1 Å². The van der Waals surface area contributed by atoms with Crippen molar-refractivity contribution in [1.29, 1.82) is 0 Å². The molecular formula is C16H19N3O3. The third kappa shape index (κ3) is 2.74. The Balaban J connectivity index is 2.05. The summed E-state index contributed by atoms with van der Waals surface area (Å²) in [4.78, 5) is 15.1. The molecule has 1 heterocycles. The maximum Gasteiger partial charge on any atom is 0.295 e. The number of aromatic nitrogens is 1. The molecule has 0 spiro atoms. The number of nitro groups is 1. The van der Waals surface area contributed by atoms with Gasteiger partial charge in [0.1, 0.15) is 0 Å². The zero-order valence-corrected chi connectivity index (χ0v) is 12.5. The molecule has 6 heteroatoms. The lowest BCUT2D eigenvalue weighted by Gasteiger charge is -2.29. The monoisotopic (exact) mass is 301 g/mol. The number of para-hydroxylation sites is 1. The summed E-state index contributed by atoms with van der Waals surface area (Å²) in [5.41, 5.74) is 1.92. The van der Waals surface area contributed by atoms with Crippen molar-refractivity contribution in [1.82, 2.24) is 4.98 Å². The standard InChI is InChI=1S/C16H19N3O3/c1-10-9-13(18-12-6-2-3-8-15(12)20)11-5-4-7-14(19(21)22)16(11)17-10/h4-5,7,9,12,15,20H,2-3,6,8H2,1H3,(H,17,18)/t12-,15-/m0/s1. The first-order chi connectivity index (χ1) is 10.6. The highest BCUT2D eigenvalue weighted by molar-refractivity contribution is 5.96. The highest BCUT2D eigenvalue weighted by atomic mass is 16.6. The van der Waals surface area contributed by atoms with E-state index in [2.05, 4.69) is 10.3 Å². The van der Waals surface area contributed by atoms with Crippen LogP contribution in [0, 0.1) is 17.0 Å². The number of aryl methyl sites for hydroxylation is 1. The lowest BCUT2D eigenvalue weighted by molar-refractivity contribution is -0.383. The molecule has 0 saturated heterocycles. The molecule has 6 nitrogen and oxygen atoms in total. The number of aliphatic hydroxyl groups excluding tert-OH is 1. The Morgan fingerprint density at radius 3 is 2.86 bits per heavy atom. The summed E-state index contributed by atoms with van der Waals surface area (Å²) in [5.74, 6) is 0. The van der Waals surface area contributed by atoms with Gasteiger partial charge in [-0.05, 0) is 25.8 Å². The molecule has 1 saturated carbocycles. The van der Waals surface area contributed by atoms with Crippen molar-refractivity contribution in [2.24, 2.45) is 0 Å². The fourth-order valence-corrected chi connectivity index (χ4v) is 3.11. The molecule has 0 radical (unpaired) electrons. The van der Waals surface area contributed by atoms with Crippen molar-refractivity contribution in [2.45, 2.75) is 44.8 Å². The van der Waals surface area contributed by atoms with Gasteiger partial charge in [0.05, 0.1) is 17.1 Å². The van der Waals surface area contributed by atoms with Crippen LogP contribution in [0.5, 0.6) is 0 Å². The van der Waals surface area contributed by atoms with Crippen LogP contribution >= 0.6 is 0 Å². The summed E-state index contributed by atoms with van der Waals surface area (Å²) in [6.45, 7) is 1.82. The average molecular weight is 301 g/mol. The summed E-state index contributed by atoms with van der Waals surface area (Å²) in [6.07, 6.45) is 3.44. The van der Waals surface area contributed by atoms with Gasteiger partial charge in [-0.2, -0.15) is 0 Å². The number of nitrogens with zero attached hydrogens (tertiary/aromatic N) is 2. The third-order valence-corrected chi connectivity index (χ3v) is 4.21. The van der Waals surface area contributed by atoms with Crippen LogP contribution in [0.15, 0.2) is 24.3 Å². The van der Waals surface area contributed by atoms with Crippen LogP contribution < -0.4 is 5.32 Å². The SMILES string of the molecule is Cc1cc(N[C@H]2CCCC[C@@H]2O)c2cccc([N+](=O)[O-])c2n1. The maximum atomic E-state index is 11.2. The van der Waals surface area contributed by atoms with Gasteiger partial charge in [0.2, 0.25) is 0 Å². The van der Waals surface area contributed by atoms with Crippen LogP contribution in [0.2, 0.25) is 0 Å². The van der Waals surface area contributed by atoms with Gasteiger partial charge in [-0.25, -0.2) is 4.98 Å². The Morgan fingerprint density at radius 2 is 2.14 bits per heavy atom. The van der Waals surface area contributed by atoms with Crippen LogP contribution in [0.3, 0.4) is 0 Å². The first-order valence-corrected chi connectivity index (χ1v) is 7.55. The topological polar surface area (TPSA) is 88.3 Å². The molecule has 1 aliphatic rings. The number of hydrogen-bond acceptors (Lipinski definition) is 5. The van der Waals surface area contributed by atoms with E-state index in [1.807, 2.05) is 19.1 Å². The molecule has 0 unspecified atom stereocenters. The molecule has 1 aromatic heterocycles. The minimum Gasteiger partial charge on any atom is -0.391 e. The van der Waals surface area contributed by atoms with Gasteiger partial charge in [-0.1, -0.05) is 25.0 Å². The van der Waals surface area contributed by atoms with E-state index in [-0.39, 0.29) is 17.8 Å². The lowest BCUT2D eigenvalue weighted by atomic mass is 9.92. The Labute approximate surface area is 128 Å². The van der Waals surface area contributed by atoms with Crippen molar-refractivity contribution in [3.05, 3.63) is 40.1 Å². The fourth-order valence-electron chi connectivity index (χ4n) is 3.11. The first-order valence-electron chi connectivity index (χ1n) is 7.55. The number of anilines is 1. The van der Waals surface area contributed by atoms with Crippen LogP contribution in [0.1, 0.15) is 31.4 Å². The molecule has 1 aliphatic carbocycles. The second-order valence-electron chi connectivity index (χ2n) is 5.84. The van der Waals surface area contributed by atoms with Gasteiger partial charge in [0, 0.05) is 22.8 Å². The maximum absolute atomic E-state index is 11.2. The van der Waals surface area contributed by atoms with E-state index in [0.717, 1.165) is 42.5 Å². The molecule has 1 aromatic carbocycles. The molecule has 0 bridgehead atoms. The Hall–Kier alpha value is -2.21. The number of nitrogens with one attached hydrogen (secondary N) is 1. The number of pyridine rings is 1. The Bertz CT molecular complexity index is 717. The van der Waals surface area contributed by atoms with Crippen molar-refractivity contribution in [3.63, 3.8) is 0 Å². The molecule has 2 N–H and O–H groups in total. The summed E-state index contributed by atoms with van der Waals surface area (Å²) in [5, 5.41) is 25.4. The number of fused-ring (bicyclic) bond motifs is 1. The van der Waals surface area contributed by atoms with E-state index in [1.54, 1.807) is 6.07 Å². The van der Waals surface area contributed by atoms with E-state index in [9.17, 15) is 15.2 Å². The highest BCUT2D eigenvalue weighted by Gasteiger charge is 2.24. The lowest BCUT2D eigenvalue weighted by Crippen LogP contribution is -2.36. The van der Waals surface area contributed by atoms with Crippen molar-refractivity contribution < 1.29 is 10.0 Å². The fraction of sp³-hybridized carbons (Fsp3) is 0.438.